The summed E-state index contributed by atoms with van der Waals surface area (Å²) in [5.74, 6) is 0. The fraction of sp³-hybridized carbons (Fsp3) is 0. The highest BCUT2D eigenvalue weighted by Crippen LogP contribution is 2.33. The molecule has 0 unspecified atom stereocenters. The Morgan fingerprint density at radius 1 is 1.17 bits per heavy atom. The number of hydrogen-bond donors (Lipinski definition) is 1. The zero-order chi connectivity index (χ0) is 12.7. The third-order valence-electron chi connectivity index (χ3n) is 2.60. The number of benzene rings is 2. The summed E-state index contributed by atoms with van der Waals surface area (Å²) in [6.45, 7) is 0. The van der Waals surface area contributed by atoms with E-state index in [0.29, 0.717) is 10.7 Å². The number of rotatable bonds is 1. The number of nitrogens with zero attached hydrogens (tertiary/aromatic N) is 1. The first-order chi connectivity index (χ1) is 8.63. The average Bonchev–Trinajstić information content (AvgIpc) is 2.75. The Kier molecular flexibility index (Phi) is 3.01. The van der Waals surface area contributed by atoms with Crippen LogP contribution in [0.3, 0.4) is 0 Å². The molecule has 1 aromatic heterocycles. The molecule has 0 aliphatic rings. The van der Waals surface area contributed by atoms with E-state index in [9.17, 15) is 0 Å². The quantitative estimate of drug-likeness (QED) is 0.636. The van der Waals surface area contributed by atoms with Crippen LogP contribution in [0.25, 0.3) is 20.8 Å². The van der Waals surface area contributed by atoms with Crippen molar-refractivity contribution in [1.82, 2.24) is 4.98 Å². The van der Waals surface area contributed by atoms with Crippen LogP contribution in [0.2, 0.25) is 5.02 Å². The minimum Gasteiger partial charge on any atom is -0.398 e. The van der Waals surface area contributed by atoms with Gasteiger partial charge in [-0.3, -0.25) is 0 Å². The van der Waals surface area contributed by atoms with Crippen LogP contribution in [0, 0.1) is 0 Å². The van der Waals surface area contributed by atoms with E-state index in [1.54, 1.807) is 17.4 Å². The molecule has 1 heterocycles. The first-order valence-electron chi connectivity index (χ1n) is 5.25. The van der Waals surface area contributed by atoms with Crippen LogP contribution in [-0.2, 0) is 0 Å². The third-order valence-corrected chi connectivity index (χ3v) is 4.50. The molecule has 0 amide bonds. The van der Waals surface area contributed by atoms with Crippen molar-refractivity contribution in [1.29, 1.82) is 0 Å². The van der Waals surface area contributed by atoms with Gasteiger partial charge in [-0.25, -0.2) is 4.98 Å². The monoisotopic (exact) mass is 338 g/mol. The molecule has 2 N–H and O–H groups in total. The van der Waals surface area contributed by atoms with Crippen LogP contribution in [0.15, 0.2) is 40.9 Å². The molecule has 90 valence electrons. The highest BCUT2D eigenvalue weighted by Gasteiger charge is 2.08. The van der Waals surface area contributed by atoms with Crippen LogP contribution in [0.1, 0.15) is 0 Å². The Labute approximate surface area is 122 Å². The number of halogens is 2. The maximum Gasteiger partial charge on any atom is 0.124 e. The van der Waals surface area contributed by atoms with Gasteiger partial charge in [0.2, 0.25) is 0 Å². The lowest BCUT2D eigenvalue weighted by atomic mass is 10.2. The molecule has 0 spiro atoms. The van der Waals surface area contributed by atoms with Gasteiger partial charge in [-0.15, -0.1) is 11.3 Å². The molecule has 0 aliphatic heterocycles. The molecule has 5 heteroatoms. The largest absolute Gasteiger partial charge is 0.398 e. The Balaban J connectivity index is 2.16. The zero-order valence-corrected chi connectivity index (χ0v) is 12.3. The number of nitrogens with two attached hydrogens (primary N) is 1. The summed E-state index contributed by atoms with van der Waals surface area (Å²) < 4.78 is 2.18. The average molecular weight is 340 g/mol. The maximum atomic E-state index is 6.03. The molecule has 2 nitrogen and oxygen atoms in total. The number of thiazole rings is 1. The molecule has 0 atom stereocenters. The van der Waals surface area contributed by atoms with Gasteiger partial charge in [-0.2, -0.15) is 0 Å². The molecule has 0 bridgehead atoms. The molecule has 2 aromatic carbocycles. The molecule has 0 aliphatic carbocycles. The highest BCUT2D eigenvalue weighted by atomic mass is 79.9. The number of aromatic nitrogens is 1. The normalized spacial score (nSPS) is 11.0. The summed E-state index contributed by atoms with van der Waals surface area (Å²) in [6, 6.07) is 11.7. The Morgan fingerprint density at radius 2 is 2.00 bits per heavy atom. The van der Waals surface area contributed by atoms with E-state index in [-0.39, 0.29) is 0 Å². The van der Waals surface area contributed by atoms with Gasteiger partial charge in [0.25, 0.3) is 0 Å². The van der Waals surface area contributed by atoms with Crippen molar-refractivity contribution < 1.29 is 0 Å². The van der Waals surface area contributed by atoms with Gasteiger partial charge in [0, 0.05) is 10.0 Å². The third kappa shape index (κ3) is 2.11. The number of nitrogen functional groups attached to an aromatic ring is 1. The van der Waals surface area contributed by atoms with Crippen LogP contribution in [0.4, 0.5) is 5.69 Å². The van der Waals surface area contributed by atoms with E-state index in [0.717, 1.165) is 25.3 Å². The summed E-state index contributed by atoms with van der Waals surface area (Å²) in [6.07, 6.45) is 0. The van der Waals surface area contributed by atoms with Crippen LogP contribution >= 0.6 is 38.9 Å². The molecule has 0 saturated carbocycles. The number of anilines is 1. The standard InChI is InChI=1S/C13H8BrClN2S/c14-8-2-4-12-11(6-8)17-13(18-12)7-1-3-10(16)9(15)5-7/h1-6H,16H2. The Morgan fingerprint density at radius 3 is 2.78 bits per heavy atom. The smallest absolute Gasteiger partial charge is 0.124 e. The van der Waals surface area contributed by atoms with E-state index in [1.807, 2.05) is 24.3 Å². The molecule has 3 aromatic rings. The fourth-order valence-corrected chi connectivity index (χ4v) is 3.16. The lowest BCUT2D eigenvalue weighted by Gasteiger charge is -1.99. The summed E-state index contributed by atoms with van der Waals surface area (Å²) in [5.41, 5.74) is 8.27. The lowest BCUT2D eigenvalue weighted by molar-refractivity contribution is 1.47. The van der Waals surface area contributed by atoms with Gasteiger partial charge in [0.1, 0.15) is 5.01 Å². The summed E-state index contributed by atoms with van der Waals surface area (Å²) in [5, 5.41) is 1.51. The second kappa shape index (κ2) is 4.53. The van der Waals surface area contributed by atoms with Crippen LogP contribution < -0.4 is 5.73 Å². The summed E-state index contributed by atoms with van der Waals surface area (Å²) in [7, 11) is 0. The lowest BCUT2D eigenvalue weighted by Crippen LogP contribution is -1.86. The minimum absolute atomic E-state index is 0.563. The predicted octanol–water partition coefficient (Wildman–Crippen LogP) is 4.96. The second-order valence-electron chi connectivity index (χ2n) is 3.87. The summed E-state index contributed by atoms with van der Waals surface area (Å²) in [4.78, 5) is 4.60. The zero-order valence-electron chi connectivity index (χ0n) is 9.15. The van der Waals surface area contributed by atoms with Crippen molar-refractivity contribution in [3.63, 3.8) is 0 Å². The topological polar surface area (TPSA) is 38.9 Å². The molecule has 0 saturated heterocycles. The first kappa shape index (κ1) is 12.0. The van der Waals surface area contributed by atoms with Crippen molar-refractivity contribution in [2.75, 3.05) is 5.73 Å². The van der Waals surface area contributed by atoms with Gasteiger partial charge < -0.3 is 5.73 Å². The number of fused-ring (bicyclic) bond motifs is 1. The van der Waals surface area contributed by atoms with Gasteiger partial charge in [0.05, 0.1) is 20.9 Å². The Bertz CT molecular complexity index is 739. The molecular weight excluding hydrogens is 332 g/mol. The number of hydrogen-bond acceptors (Lipinski definition) is 3. The minimum atomic E-state index is 0.563. The van der Waals surface area contributed by atoms with Gasteiger partial charge in [-0.05, 0) is 36.4 Å². The molecule has 3 rings (SSSR count). The maximum absolute atomic E-state index is 6.03. The van der Waals surface area contributed by atoms with Gasteiger partial charge in [0.15, 0.2) is 0 Å². The van der Waals surface area contributed by atoms with Gasteiger partial charge >= 0.3 is 0 Å². The van der Waals surface area contributed by atoms with Crippen molar-refractivity contribution in [3.8, 4) is 10.6 Å². The van der Waals surface area contributed by atoms with Crippen molar-refractivity contribution >= 4 is 54.8 Å². The molecule has 0 radical (unpaired) electrons. The van der Waals surface area contributed by atoms with Gasteiger partial charge in [-0.1, -0.05) is 27.5 Å². The van der Waals surface area contributed by atoms with E-state index >= 15 is 0 Å². The first-order valence-corrected chi connectivity index (χ1v) is 7.24. The van der Waals surface area contributed by atoms with E-state index < -0.39 is 0 Å². The fourth-order valence-electron chi connectivity index (χ4n) is 1.68. The molecule has 18 heavy (non-hydrogen) atoms. The van der Waals surface area contributed by atoms with Crippen molar-refractivity contribution in [3.05, 3.63) is 45.9 Å². The Hall–Kier alpha value is -1.10. The SMILES string of the molecule is Nc1ccc(-c2nc3cc(Br)ccc3s2)cc1Cl. The van der Waals surface area contributed by atoms with Crippen LogP contribution in [-0.4, -0.2) is 4.98 Å². The van der Waals surface area contributed by atoms with E-state index in [2.05, 4.69) is 27.0 Å². The van der Waals surface area contributed by atoms with Crippen molar-refractivity contribution in [2.45, 2.75) is 0 Å². The molecule has 0 fully saturated rings. The predicted molar refractivity (Wildman–Crippen MR) is 82.2 cm³/mol. The van der Waals surface area contributed by atoms with Crippen LogP contribution in [0.5, 0.6) is 0 Å². The second-order valence-corrected chi connectivity index (χ2v) is 6.22. The van der Waals surface area contributed by atoms with Crippen molar-refractivity contribution in [2.24, 2.45) is 0 Å². The van der Waals surface area contributed by atoms with E-state index in [1.165, 1.54) is 0 Å². The highest BCUT2D eigenvalue weighted by molar-refractivity contribution is 9.10. The molecular formula is C13H8BrClN2S. The van der Waals surface area contributed by atoms with E-state index in [4.69, 9.17) is 17.3 Å². The summed E-state index contributed by atoms with van der Waals surface area (Å²) >= 11 is 11.1.